The molecule has 2 N–H and O–H groups in total. The zero-order chi connectivity index (χ0) is 10.3. The first kappa shape index (κ1) is 9.82. The average Bonchev–Trinajstić information content (AvgIpc) is 2.00. The summed E-state index contributed by atoms with van der Waals surface area (Å²) >= 11 is 6.82. The van der Waals surface area contributed by atoms with Gasteiger partial charge in [0.05, 0.1) is 0 Å². The summed E-state index contributed by atoms with van der Waals surface area (Å²) in [5, 5.41) is 0.487. The highest BCUT2D eigenvalue weighted by Crippen LogP contribution is 2.34. The molecular formula is C7H5ClN2O2S2. The van der Waals surface area contributed by atoms with Crippen molar-refractivity contribution in [3.05, 3.63) is 23.2 Å². The molecule has 0 saturated heterocycles. The lowest BCUT2D eigenvalue weighted by Gasteiger charge is -2.12. The highest BCUT2D eigenvalue weighted by atomic mass is 35.5. The molecule has 1 aliphatic heterocycles. The van der Waals surface area contributed by atoms with Crippen molar-refractivity contribution in [3.63, 3.8) is 0 Å². The van der Waals surface area contributed by atoms with Gasteiger partial charge in [0.15, 0.2) is 5.17 Å². The van der Waals surface area contributed by atoms with E-state index in [4.69, 9.17) is 17.3 Å². The van der Waals surface area contributed by atoms with Crippen LogP contribution in [0.25, 0.3) is 0 Å². The highest BCUT2D eigenvalue weighted by molar-refractivity contribution is 8.15. The lowest BCUT2D eigenvalue weighted by Crippen LogP contribution is -2.15. The molecule has 7 heteroatoms. The zero-order valence-electron chi connectivity index (χ0n) is 6.77. The van der Waals surface area contributed by atoms with Crippen molar-refractivity contribution < 1.29 is 8.42 Å². The van der Waals surface area contributed by atoms with E-state index >= 15 is 0 Å². The molecule has 4 nitrogen and oxygen atoms in total. The van der Waals surface area contributed by atoms with Crippen molar-refractivity contribution >= 4 is 38.6 Å². The summed E-state index contributed by atoms with van der Waals surface area (Å²) in [4.78, 5) is 0.672. The maximum absolute atomic E-state index is 11.5. The number of halogens is 1. The number of hydrogen-bond donors (Lipinski definition) is 1. The van der Waals surface area contributed by atoms with Crippen molar-refractivity contribution in [2.45, 2.75) is 9.79 Å². The van der Waals surface area contributed by atoms with Gasteiger partial charge in [-0.15, -0.1) is 4.40 Å². The molecule has 1 aromatic rings. The highest BCUT2D eigenvalue weighted by Gasteiger charge is 2.24. The first-order chi connectivity index (χ1) is 6.49. The van der Waals surface area contributed by atoms with Gasteiger partial charge in [-0.05, 0) is 18.2 Å². The fraction of sp³-hybridized carbons (Fsp3) is 0. The predicted molar refractivity (Wildman–Crippen MR) is 56.1 cm³/mol. The summed E-state index contributed by atoms with van der Waals surface area (Å²) in [5.41, 5.74) is 5.37. The molecule has 0 bridgehead atoms. The van der Waals surface area contributed by atoms with Gasteiger partial charge in [-0.25, -0.2) is 0 Å². The van der Waals surface area contributed by atoms with E-state index in [0.717, 1.165) is 11.8 Å². The van der Waals surface area contributed by atoms with Gasteiger partial charge >= 0.3 is 0 Å². The molecule has 0 atom stereocenters. The van der Waals surface area contributed by atoms with Gasteiger partial charge in [-0.2, -0.15) is 8.42 Å². The quantitative estimate of drug-likeness (QED) is 0.754. The predicted octanol–water partition coefficient (Wildman–Crippen LogP) is 1.45. The van der Waals surface area contributed by atoms with Gasteiger partial charge in [-0.3, -0.25) is 0 Å². The lowest BCUT2D eigenvalue weighted by atomic mass is 10.4. The minimum Gasteiger partial charge on any atom is -0.377 e. The number of benzene rings is 1. The Morgan fingerprint density at radius 2 is 2.14 bits per heavy atom. The Morgan fingerprint density at radius 1 is 1.43 bits per heavy atom. The number of thioether (sulfide) groups is 1. The smallest absolute Gasteiger partial charge is 0.285 e. The second-order valence-corrected chi connectivity index (χ2v) is 5.67. The van der Waals surface area contributed by atoms with Crippen molar-refractivity contribution in [1.29, 1.82) is 0 Å². The van der Waals surface area contributed by atoms with Gasteiger partial charge in [-0.1, -0.05) is 23.4 Å². The van der Waals surface area contributed by atoms with Crippen molar-refractivity contribution in [3.8, 4) is 0 Å². The van der Waals surface area contributed by atoms with Crippen LogP contribution in [-0.2, 0) is 10.0 Å². The van der Waals surface area contributed by atoms with E-state index in [9.17, 15) is 8.42 Å². The van der Waals surface area contributed by atoms with Crippen molar-refractivity contribution in [1.82, 2.24) is 0 Å². The summed E-state index contributed by atoms with van der Waals surface area (Å²) in [7, 11) is -3.62. The molecular weight excluding hydrogens is 244 g/mol. The molecule has 0 saturated carbocycles. The van der Waals surface area contributed by atoms with Crippen LogP contribution in [0, 0.1) is 0 Å². The van der Waals surface area contributed by atoms with Gasteiger partial charge < -0.3 is 5.73 Å². The Hall–Kier alpha value is -0.720. The number of fused-ring (bicyclic) bond motifs is 1. The van der Waals surface area contributed by atoms with Crippen LogP contribution in [0.1, 0.15) is 0 Å². The Kier molecular flexibility index (Phi) is 2.21. The summed E-state index contributed by atoms with van der Waals surface area (Å²) in [5.74, 6) is 0. The third-order valence-electron chi connectivity index (χ3n) is 1.61. The number of nitrogens with zero attached hydrogens (tertiary/aromatic N) is 1. The maximum Gasteiger partial charge on any atom is 0.285 e. The Labute approximate surface area is 90.2 Å². The van der Waals surface area contributed by atoms with Crippen LogP contribution in [0.2, 0.25) is 5.02 Å². The topological polar surface area (TPSA) is 72.5 Å². The molecule has 0 radical (unpaired) electrons. The van der Waals surface area contributed by atoms with Gasteiger partial charge in [0.1, 0.15) is 4.90 Å². The molecule has 74 valence electrons. The Bertz CT molecular complexity index is 524. The minimum atomic E-state index is -3.62. The summed E-state index contributed by atoms with van der Waals surface area (Å²) < 4.78 is 26.3. The number of sulfonamides is 1. The van der Waals surface area contributed by atoms with Crippen LogP contribution in [-0.4, -0.2) is 13.6 Å². The van der Waals surface area contributed by atoms with Crippen LogP contribution in [0.3, 0.4) is 0 Å². The van der Waals surface area contributed by atoms with E-state index in [1.54, 1.807) is 6.07 Å². The van der Waals surface area contributed by atoms with Crippen LogP contribution in [0.5, 0.6) is 0 Å². The monoisotopic (exact) mass is 248 g/mol. The van der Waals surface area contributed by atoms with Crippen molar-refractivity contribution in [2.24, 2.45) is 10.1 Å². The number of amidine groups is 1. The summed E-state index contributed by atoms with van der Waals surface area (Å²) in [6, 6.07) is 4.49. The largest absolute Gasteiger partial charge is 0.377 e. The standard InChI is InChI=1S/C7H5ClN2O2S2/c8-4-1-2-6-5(3-4)13-7(9)10-14(6,11)12/h1-3H,(H2,9,10). The second-order valence-electron chi connectivity index (χ2n) is 2.60. The third-order valence-corrected chi connectivity index (χ3v) is 4.30. The Balaban J connectivity index is 2.71. The maximum atomic E-state index is 11.5. The number of hydrogen-bond acceptors (Lipinski definition) is 4. The SMILES string of the molecule is NC1=NS(=O)(=O)c2ccc(Cl)cc2S1. The molecule has 0 unspecified atom stereocenters. The van der Waals surface area contributed by atoms with E-state index in [1.165, 1.54) is 12.1 Å². The lowest BCUT2D eigenvalue weighted by molar-refractivity contribution is 0.596. The van der Waals surface area contributed by atoms with Gasteiger partial charge in [0.25, 0.3) is 10.0 Å². The van der Waals surface area contributed by atoms with E-state index in [1.807, 2.05) is 0 Å². The molecule has 2 rings (SSSR count). The summed E-state index contributed by atoms with van der Waals surface area (Å²) in [6.45, 7) is 0. The second kappa shape index (κ2) is 3.15. The Morgan fingerprint density at radius 3 is 2.86 bits per heavy atom. The fourth-order valence-corrected chi connectivity index (χ4v) is 3.66. The zero-order valence-corrected chi connectivity index (χ0v) is 9.16. The van der Waals surface area contributed by atoms with Crippen LogP contribution in [0.4, 0.5) is 0 Å². The number of rotatable bonds is 0. The first-order valence-corrected chi connectivity index (χ1v) is 6.20. The molecule has 0 aliphatic carbocycles. The van der Waals surface area contributed by atoms with Gasteiger partial charge in [0.2, 0.25) is 0 Å². The molecule has 0 spiro atoms. The van der Waals surface area contributed by atoms with Crippen LogP contribution in [0.15, 0.2) is 32.4 Å². The van der Waals surface area contributed by atoms with E-state index in [2.05, 4.69) is 4.40 Å². The molecule has 0 fully saturated rings. The molecule has 1 heterocycles. The van der Waals surface area contributed by atoms with E-state index in [-0.39, 0.29) is 10.1 Å². The molecule has 1 aliphatic rings. The normalized spacial score (nSPS) is 18.5. The molecule has 0 aromatic heterocycles. The molecule has 14 heavy (non-hydrogen) atoms. The fourth-order valence-electron chi connectivity index (χ4n) is 1.07. The third kappa shape index (κ3) is 1.60. The average molecular weight is 249 g/mol. The van der Waals surface area contributed by atoms with Crippen LogP contribution >= 0.6 is 23.4 Å². The molecule has 0 amide bonds. The van der Waals surface area contributed by atoms with E-state index in [0.29, 0.717) is 9.92 Å². The number of nitrogens with two attached hydrogens (primary N) is 1. The molecule has 1 aromatic carbocycles. The van der Waals surface area contributed by atoms with Crippen LogP contribution < -0.4 is 5.73 Å². The minimum absolute atomic E-state index is 0.0137. The van der Waals surface area contributed by atoms with Crippen molar-refractivity contribution in [2.75, 3.05) is 0 Å². The first-order valence-electron chi connectivity index (χ1n) is 3.57. The summed E-state index contributed by atoms with van der Waals surface area (Å²) in [6.07, 6.45) is 0. The van der Waals surface area contributed by atoms with E-state index < -0.39 is 10.0 Å². The van der Waals surface area contributed by atoms with Gasteiger partial charge in [0, 0.05) is 9.92 Å².